The molecule has 0 spiro atoms. The van der Waals surface area contributed by atoms with Crippen LogP contribution in [-0.2, 0) is 11.3 Å². The molecule has 1 atom stereocenters. The van der Waals surface area contributed by atoms with Gasteiger partial charge < -0.3 is 10.0 Å². The molecule has 0 saturated carbocycles. The number of hydrogen-bond donors (Lipinski definition) is 1. The van der Waals surface area contributed by atoms with Crippen LogP contribution in [0.15, 0.2) is 41.6 Å². The SMILES string of the molecule is O=C(O)[C@@H]1CC2=C(CCCC2)N1Cc1ccccc1. The van der Waals surface area contributed by atoms with Crippen molar-refractivity contribution in [2.24, 2.45) is 0 Å². The zero-order valence-corrected chi connectivity index (χ0v) is 11.0. The molecule has 0 unspecified atom stereocenters. The van der Waals surface area contributed by atoms with Crippen molar-refractivity contribution in [3.8, 4) is 0 Å². The zero-order chi connectivity index (χ0) is 13.2. The van der Waals surface area contributed by atoms with Crippen LogP contribution < -0.4 is 0 Å². The van der Waals surface area contributed by atoms with E-state index in [0.717, 1.165) is 25.8 Å². The molecule has 0 fully saturated rings. The van der Waals surface area contributed by atoms with Crippen LogP contribution >= 0.6 is 0 Å². The summed E-state index contributed by atoms with van der Waals surface area (Å²) in [6, 6.07) is 9.80. The third kappa shape index (κ3) is 2.37. The van der Waals surface area contributed by atoms with E-state index in [9.17, 15) is 9.90 Å². The standard InChI is InChI=1S/C16H19NO2/c18-16(19)15-10-13-8-4-5-9-14(13)17(15)11-12-6-2-1-3-7-12/h1-3,6-7,15H,4-5,8-11H2,(H,18,19)/t15-/m0/s1. The highest BCUT2D eigenvalue weighted by Gasteiger charge is 2.36. The van der Waals surface area contributed by atoms with Gasteiger partial charge in [-0.05, 0) is 36.8 Å². The lowest BCUT2D eigenvalue weighted by molar-refractivity contribution is -0.142. The van der Waals surface area contributed by atoms with Gasteiger partial charge in [0, 0.05) is 18.7 Å². The molecule has 0 aromatic heterocycles. The molecule has 1 aromatic rings. The highest BCUT2D eigenvalue weighted by molar-refractivity contribution is 5.75. The highest BCUT2D eigenvalue weighted by Crippen LogP contribution is 2.39. The van der Waals surface area contributed by atoms with Crippen LogP contribution in [0.5, 0.6) is 0 Å². The fourth-order valence-electron chi connectivity index (χ4n) is 3.26. The van der Waals surface area contributed by atoms with Gasteiger partial charge in [-0.15, -0.1) is 0 Å². The van der Waals surface area contributed by atoms with Gasteiger partial charge in [-0.25, -0.2) is 4.79 Å². The average molecular weight is 257 g/mol. The second-order valence-electron chi connectivity index (χ2n) is 5.43. The molecular formula is C16H19NO2. The summed E-state index contributed by atoms with van der Waals surface area (Å²) in [4.78, 5) is 13.6. The van der Waals surface area contributed by atoms with E-state index in [0.29, 0.717) is 0 Å². The summed E-state index contributed by atoms with van der Waals surface area (Å²) in [5.74, 6) is -0.690. The van der Waals surface area contributed by atoms with E-state index in [1.807, 2.05) is 18.2 Å². The van der Waals surface area contributed by atoms with Crippen molar-refractivity contribution in [3.05, 3.63) is 47.2 Å². The van der Waals surface area contributed by atoms with Crippen LogP contribution in [0.4, 0.5) is 0 Å². The maximum absolute atomic E-state index is 11.5. The Balaban J connectivity index is 1.86. The van der Waals surface area contributed by atoms with Gasteiger partial charge in [0.2, 0.25) is 0 Å². The normalized spacial score (nSPS) is 22.5. The molecule has 19 heavy (non-hydrogen) atoms. The number of benzene rings is 1. The summed E-state index contributed by atoms with van der Waals surface area (Å²) >= 11 is 0. The van der Waals surface area contributed by atoms with Crippen molar-refractivity contribution in [2.75, 3.05) is 0 Å². The molecule has 1 aliphatic carbocycles. The Kier molecular flexibility index (Phi) is 3.28. The summed E-state index contributed by atoms with van der Waals surface area (Å²) in [7, 11) is 0. The van der Waals surface area contributed by atoms with Crippen LogP contribution in [0.2, 0.25) is 0 Å². The molecule has 1 heterocycles. The number of carbonyl (C=O) groups is 1. The number of rotatable bonds is 3. The van der Waals surface area contributed by atoms with Crippen molar-refractivity contribution < 1.29 is 9.90 Å². The maximum Gasteiger partial charge on any atom is 0.326 e. The first kappa shape index (κ1) is 12.3. The smallest absolute Gasteiger partial charge is 0.326 e. The molecule has 3 rings (SSSR count). The van der Waals surface area contributed by atoms with Crippen molar-refractivity contribution in [3.63, 3.8) is 0 Å². The van der Waals surface area contributed by atoms with Crippen LogP contribution in [0.1, 0.15) is 37.7 Å². The van der Waals surface area contributed by atoms with Crippen molar-refractivity contribution in [1.29, 1.82) is 0 Å². The summed E-state index contributed by atoms with van der Waals surface area (Å²) in [6.45, 7) is 0.719. The van der Waals surface area contributed by atoms with Crippen LogP contribution in [0.25, 0.3) is 0 Å². The minimum absolute atomic E-state index is 0.358. The monoisotopic (exact) mass is 257 g/mol. The third-order valence-corrected chi connectivity index (χ3v) is 4.19. The van der Waals surface area contributed by atoms with E-state index in [-0.39, 0.29) is 6.04 Å². The molecule has 2 aliphatic rings. The van der Waals surface area contributed by atoms with Crippen molar-refractivity contribution in [1.82, 2.24) is 4.90 Å². The Morgan fingerprint density at radius 2 is 1.95 bits per heavy atom. The largest absolute Gasteiger partial charge is 0.480 e. The quantitative estimate of drug-likeness (QED) is 0.904. The van der Waals surface area contributed by atoms with E-state index in [1.165, 1.54) is 29.7 Å². The third-order valence-electron chi connectivity index (χ3n) is 4.19. The lowest BCUT2D eigenvalue weighted by Crippen LogP contribution is -2.36. The number of nitrogens with zero attached hydrogens (tertiary/aromatic N) is 1. The zero-order valence-electron chi connectivity index (χ0n) is 11.0. The predicted molar refractivity (Wildman–Crippen MR) is 73.5 cm³/mol. The van der Waals surface area contributed by atoms with E-state index < -0.39 is 5.97 Å². The molecule has 3 nitrogen and oxygen atoms in total. The van der Waals surface area contributed by atoms with Gasteiger partial charge in [-0.2, -0.15) is 0 Å². The fourth-order valence-corrected chi connectivity index (χ4v) is 3.26. The molecule has 3 heteroatoms. The molecule has 100 valence electrons. The fraction of sp³-hybridized carbons (Fsp3) is 0.438. The molecule has 1 aliphatic heterocycles. The first-order chi connectivity index (χ1) is 9.25. The Bertz CT molecular complexity index is 507. The number of aliphatic carboxylic acids is 1. The summed E-state index contributed by atoms with van der Waals surface area (Å²) in [5.41, 5.74) is 3.88. The van der Waals surface area contributed by atoms with Crippen molar-refractivity contribution in [2.45, 2.75) is 44.7 Å². The van der Waals surface area contributed by atoms with Gasteiger partial charge >= 0.3 is 5.97 Å². The molecule has 0 saturated heterocycles. The predicted octanol–water partition coefficient (Wildman–Crippen LogP) is 3.17. The topological polar surface area (TPSA) is 40.5 Å². The van der Waals surface area contributed by atoms with E-state index in [4.69, 9.17) is 0 Å². The minimum Gasteiger partial charge on any atom is -0.480 e. The van der Waals surface area contributed by atoms with E-state index in [1.54, 1.807) is 0 Å². The Morgan fingerprint density at radius 1 is 1.21 bits per heavy atom. The number of allylic oxidation sites excluding steroid dienone is 1. The first-order valence-electron chi connectivity index (χ1n) is 7.00. The van der Waals surface area contributed by atoms with Gasteiger partial charge in [-0.3, -0.25) is 0 Å². The molecule has 0 amide bonds. The summed E-state index contributed by atoms with van der Waals surface area (Å²) in [5, 5.41) is 9.44. The molecule has 1 aromatic carbocycles. The first-order valence-corrected chi connectivity index (χ1v) is 7.00. The Morgan fingerprint density at radius 3 is 2.68 bits per heavy atom. The second kappa shape index (κ2) is 5.08. The Hall–Kier alpha value is -1.77. The van der Waals surface area contributed by atoms with Gasteiger partial charge in [0.15, 0.2) is 0 Å². The molecule has 0 radical (unpaired) electrons. The number of carboxylic acid groups (broad SMARTS) is 1. The lowest BCUT2D eigenvalue weighted by Gasteiger charge is -2.28. The average Bonchev–Trinajstić information content (AvgIpc) is 2.79. The van der Waals surface area contributed by atoms with Crippen LogP contribution in [-0.4, -0.2) is 22.0 Å². The number of carboxylic acids is 1. The van der Waals surface area contributed by atoms with E-state index >= 15 is 0 Å². The Labute approximate surface area is 113 Å². The summed E-state index contributed by atoms with van der Waals surface area (Å²) in [6.07, 6.45) is 5.26. The lowest BCUT2D eigenvalue weighted by atomic mass is 9.96. The molecule has 1 N–H and O–H groups in total. The van der Waals surface area contributed by atoms with E-state index in [2.05, 4.69) is 17.0 Å². The van der Waals surface area contributed by atoms with Gasteiger partial charge in [0.25, 0.3) is 0 Å². The highest BCUT2D eigenvalue weighted by atomic mass is 16.4. The van der Waals surface area contributed by atoms with Crippen LogP contribution in [0.3, 0.4) is 0 Å². The molecule has 0 bridgehead atoms. The second-order valence-corrected chi connectivity index (χ2v) is 5.43. The van der Waals surface area contributed by atoms with Gasteiger partial charge in [0.1, 0.15) is 6.04 Å². The maximum atomic E-state index is 11.5. The van der Waals surface area contributed by atoms with Crippen molar-refractivity contribution >= 4 is 5.97 Å². The minimum atomic E-state index is -0.690. The summed E-state index contributed by atoms with van der Waals surface area (Å²) < 4.78 is 0. The van der Waals surface area contributed by atoms with Gasteiger partial charge in [0.05, 0.1) is 0 Å². The molecular weight excluding hydrogens is 238 g/mol. The number of hydrogen-bond acceptors (Lipinski definition) is 2. The van der Waals surface area contributed by atoms with Crippen LogP contribution in [0, 0.1) is 0 Å². The van der Waals surface area contributed by atoms with Gasteiger partial charge in [-0.1, -0.05) is 30.3 Å².